The van der Waals surface area contributed by atoms with E-state index in [1.807, 2.05) is 13.0 Å². The molecule has 5 heteroatoms. The third kappa shape index (κ3) is 1.82. The van der Waals surface area contributed by atoms with Gasteiger partial charge in [0.2, 0.25) is 0 Å². The van der Waals surface area contributed by atoms with Gasteiger partial charge in [-0.05, 0) is 62.4 Å². The Labute approximate surface area is 153 Å². The van der Waals surface area contributed by atoms with Gasteiger partial charge in [0.1, 0.15) is 12.2 Å². The Morgan fingerprint density at radius 1 is 1.31 bits per heavy atom. The SMILES string of the molecule is C[C@]12C[C@@H]3OC[C@]45CCC(=O)C=C4CC[C@H]([C@H]35)[C@@H]1CC[C@]2(O)C(=O)CO. The summed E-state index contributed by atoms with van der Waals surface area (Å²) in [5.74, 6) is 0.916. The summed E-state index contributed by atoms with van der Waals surface area (Å²) in [6.45, 7) is 2.11. The lowest BCUT2D eigenvalue weighted by Crippen LogP contribution is -2.60. The van der Waals surface area contributed by atoms with Crippen LogP contribution in [0.4, 0.5) is 0 Å². The van der Waals surface area contributed by atoms with Crippen molar-refractivity contribution in [3.05, 3.63) is 11.6 Å². The lowest BCUT2D eigenvalue weighted by Gasteiger charge is -2.57. The normalized spacial score (nSPS) is 52.1. The largest absolute Gasteiger partial charge is 0.388 e. The lowest BCUT2D eigenvalue weighted by molar-refractivity contribution is -0.170. The quantitative estimate of drug-likeness (QED) is 0.784. The van der Waals surface area contributed by atoms with Gasteiger partial charge in [-0.15, -0.1) is 0 Å². The molecule has 0 bridgehead atoms. The fraction of sp³-hybridized carbons (Fsp3) is 0.810. The Bertz CT molecular complexity index is 713. The van der Waals surface area contributed by atoms with E-state index in [4.69, 9.17) is 4.74 Å². The highest BCUT2D eigenvalue weighted by atomic mass is 16.5. The molecule has 0 amide bonds. The first-order valence-electron chi connectivity index (χ1n) is 10.1. The number of hydrogen-bond acceptors (Lipinski definition) is 5. The molecule has 142 valence electrons. The van der Waals surface area contributed by atoms with Crippen molar-refractivity contribution in [2.75, 3.05) is 13.2 Å². The van der Waals surface area contributed by atoms with Crippen LogP contribution in [0.2, 0.25) is 0 Å². The second-order valence-corrected chi connectivity index (χ2v) is 9.58. The summed E-state index contributed by atoms with van der Waals surface area (Å²) < 4.78 is 6.31. The molecule has 2 N–H and O–H groups in total. The van der Waals surface area contributed by atoms with Crippen LogP contribution in [-0.4, -0.2) is 46.7 Å². The minimum atomic E-state index is -1.44. The molecule has 4 aliphatic carbocycles. The van der Waals surface area contributed by atoms with Crippen LogP contribution in [0.5, 0.6) is 0 Å². The maximum atomic E-state index is 12.4. The number of hydrogen-bond donors (Lipinski definition) is 2. The summed E-state index contributed by atoms with van der Waals surface area (Å²) in [7, 11) is 0. The number of aliphatic hydroxyl groups excluding tert-OH is 1. The lowest BCUT2D eigenvalue weighted by atomic mass is 9.46. The minimum absolute atomic E-state index is 0.00448. The standard InChI is InChI=1S/C21H28O5/c1-19-9-16-18-14(15(19)5-7-21(19,25)17(24)10-22)3-2-12-8-13(23)4-6-20(12,18)11-26-16/h8,14-16,18,22,25H,2-7,9-11H2,1H3/t14-,15-,16-,18+,19-,20+,21-/m0/s1. The molecule has 5 aliphatic rings. The first-order chi connectivity index (χ1) is 12.4. The molecule has 3 saturated carbocycles. The molecule has 7 atom stereocenters. The van der Waals surface area contributed by atoms with Crippen LogP contribution >= 0.6 is 0 Å². The number of fused-ring (bicyclic) bond motifs is 2. The van der Waals surface area contributed by atoms with E-state index in [-0.39, 0.29) is 23.2 Å². The van der Waals surface area contributed by atoms with Crippen LogP contribution < -0.4 is 0 Å². The fourth-order valence-electron chi connectivity index (χ4n) is 7.71. The van der Waals surface area contributed by atoms with Gasteiger partial charge in [-0.25, -0.2) is 0 Å². The van der Waals surface area contributed by atoms with Gasteiger partial charge in [-0.3, -0.25) is 9.59 Å². The molecular formula is C21H28O5. The van der Waals surface area contributed by atoms with Crippen LogP contribution in [0.3, 0.4) is 0 Å². The van der Waals surface area contributed by atoms with E-state index in [1.54, 1.807) is 0 Å². The van der Waals surface area contributed by atoms with E-state index in [9.17, 15) is 19.8 Å². The summed E-state index contributed by atoms with van der Waals surface area (Å²) >= 11 is 0. The van der Waals surface area contributed by atoms with Gasteiger partial charge in [0.25, 0.3) is 0 Å². The maximum Gasteiger partial charge on any atom is 0.190 e. The molecule has 1 saturated heterocycles. The van der Waals surface area contributed by atoms with Crippen molar-refractivity contribution in [3.63, 3.8) is 0 Å². The Hall–Kier alpha value is -1.04. The summed E-state index contributed by atoms with van der Waals surface area (Å²) in [4.78, 5) is 24.4. The maximum absolute atomic E-state index is 12.4. The van der Waals surface area contributed by atoms with Crippen LogP contribution in [0.25, 0.3) is 0 Å². The van der Waals surface area contributed by atoms with E-state index in [2.05, 4.69) is 0 Å². The number of aliphatic hydroxyl groups is 2. The zero-order valence-corrected chi connectivity index (χ0v) is 15.4. The molecule has 5 rings (SSSR count). The van der Waals surface area contributed by atoms with Crippen molar-refractivity contribution < 1.29 is 24.5 Å². The Morgan fingerprint density at radius 3 is 2.88 bits per heavy atom. The second kappa shape index (κ2) is 5.27. The average molecular weight is 360 g/mol. The number of ether oxygens (including phenoxy) is 1. The molecule has 1 spiro atoms. The van der Waals surface area contributed by atoms with Gasteiger partial charge >= 0.3 is 0 Å². The Kier molecular flexibility index (Phi) is 3.46. The van der Waals surface area contributed by atoms with Crippen molar-refractivity contribution in [2.45, 2.75) is 63.6 Å². The minimum Gasteiger partial charge on any atom is -0.388 e. The van der Waals surface area contributed by atoms with Crippen molar-refractivity contribution in [1.82, 2.24) is 0 Å². The molecule has 5 nitrogen and oxygen atoms in total. The third-order valence-electron chi connectivity index (χ3n) is 8.92. The number of carbonyl (C=O) groups excluding carboxylic acids is 2. The van der Waals surface area contributed by atoms with Crippen LogP contribution in [0, 0.1) is 28.6 Å². The molecule has 0 radical (unpaired) electrons. The predicted octanol–water partition coefficient (Wildman–Crippen LogP) is 1.80. The summed E-state index contributed by atoms with van der Waals surface area (Å²) in [6, 6.07) is 0. The first kappa shape index (κ1) is 17.1. The zero-order chi connectivity index (χ0) is 18.3. The van der Waals surface area contributed by atoms with Gasteiger partial charge in [-0.1, -0.05) is 12.5 Å². The van der Waals surface area contributed by atoms with E-state index < -0.39 is 23.4 Å². The van der Waals surface area contributed by atoms with Crippen molar-refractivity contribution in [3.8, 4) is 0 Å². The van der Waals surface area contributed by atoms with E-state index in [0.717, 1.165) is 25.7 Å². The summed E-state index contributed by atoms with van der Waals surface area (Å²) in [5.41, 5.74) is -0.670. The summed E-state index contributed by atoms with van der Waals surface area (Å²) in [6.07, 6.45) is 7.31. The number of rotatable bonds is 2. The highest BCUT2D eigenvalue weighted by Gasteiger charge is 2.70. The van der Waals surface area contributed by atoms with Gasteiger partial charge in [0, 0.05) is 17.3 Å². The van der Waals surface area contributed by atoms with E-state index in [0.29, 0.717) is 37.7 Å². The molecule has 1 heterocycles. The van der Waals surface area contributed by atoms with E-state index in [1.165, 1.54) is 5.57 Å². The first-order valence-corrected chi connectivity index (χ1v) is 10.1. The van der Waals surface area contributed by atoms with Crippen LogP contribution in [0.15, 0.2) is 11.6 Å². The zero-order valence-electron chi connectivity index (χ0n) is 15.4. The van der Waals surface area contributed by atoms with Crippen LogP contribution in [0.1, 0.15) is 51.9 Å². The molecule has 0 aromatic carbocycles. The molecule has 26 heavy (non-hydrogen) atoms. The second-order valence-electron chi connectivity index (χ2n) is 9.58. The smallest absolute Gasteiger partial charge is 0.190 e. The Morgan fingerprint density at radius 2 is 2.12 bits per heavy atom. The molecule has 4 fully saturated rings. The highest BCUT2D eigenvalue weighted by molar-refractivity contribution is 5.92. The molecular weight excluding hydrogens is 332 g/mol. The number of ketones is 2. The number of Topliss-reactive ketones (excluding diaryl/α,β-unsaturated/α-hetero) is 1. The van der Waals surface area contributed by atoms with Crippen molar-refractivity contribution >= 4 is 11.6 Å². The molecule has 1 aliphatic heterocycles. The van der Waals surface area contributed by atoms with Gasteiger partial charge < -0.3 is 14.9 Å². The van der Waals surface area contributed by atoms with Gasteiger partial charge in [0.05, 0.1) is 12.7 Å². The monoisotopic (exact) mass is 360 g/mol. The van der Waals surface area contributed by atoms with E-state index >= 15 is 0 Å². The summed E-state index contributed by atoms with van der Waals surface area (Å²) in [5, 5.41) is 20.7. The highest BCUT2D eigenvalue weighted by Crippen LogP contribution is 2.70. The van der Waals surface area contributed by atoms with Crippen LogP contribution in [-0.2, 0) is 14.3 Å². The van der Waals surface area contributed by atoms with Crippen molar-refractivity contribution in [1.29, 1.82) is 0 Å². The topological polar surface area (TPSA) is 83.8 Å². The van der Waals surface area contributed by atoms with Crippen molar-refractivity contribution in [2.24, 2.45) is 28.6 Å². The fourth-order valence-corrected chi connectivity index (χ4v) is 7.71. The Balaban J connectivity index is 1.56. The molecule has 0 aromatic heterocycles. The van der Waals surface area contributed by atoms with Gasteiger partial charge in [-0.2, -0.15) is 0 Å². The third-order valence-corrected chi connectivity index (χ3v) is 8.92. The molecule has 0 aromatic rings. The van der Waals surface area contributed by atoms with Gasteiger partial charge in [0.15, 0.2) is 11.6 Å². The number of carbonyl (C=O) groups is 2. The molecule has 0 unspecified atom stereocenters. The average Bonchev–Trinajstić information content (AvgIpc) is 3.12. The predicted molar refractivity (Wildman–Crippen MR) is 93.2 cm³/mol.